The molecule has 1 heterocycles. The molecule has 7 heteroatoms. The van der Waals surface area contributed by atoms with Gasteiger partial charge in [0, 0.05) is 6.42 Å². The number of halogens is 3. The lowest BCUT2D eigenvalue weighted by Gasteiger charge is -2.18. The van der Waals surface area contributed by atoms with Gasteiger partial charge < -0.3 is 14.2 Å². The van der Waals surface area contributed by atoms with E-state index in [-0.39, 0.29) is 24.6 Å². The van der Waals surface area contributed by atoms with Gasteiger partial charge in [0.15, 0.2) is 11.5 Å². The number of fused-ring (bicyclic) bond motifs is 1. The minimum absolute atomic E-state index is 0.0104. The average molecular weight is 468 g/mol. The van der Waals surface area contributed by atoms with Crippen LogP contribution in [0.2, 0.25) is 0 Å². The molecular weight excluding hydrogens is 445 g/mol. The Balaban J connectivity index is 1.44. The first-order valence-corrected chi connectivity index (χ1v) is 11.2. The molecule has 0 saturated heterocycles. The Morgan fingerprint density at radius 1 is 0.971 bits per heavy atom. The molecule has 0 bridgehead atoms. The molecule has 34 heavy (non-hydrogen) atoms. The first kappa shape index (κ1) is 22.3. The van der Waals surface area contributed by atoms with E-state index < -0.39 is 17.2 Å². The number of hydrogen-bond acceptors (Lipinski definition) is 4. The van der Waals surface area contributed by atoms with Crippen LogP contribution in [-0.2, 0) is 22.8 Å². The Kier molecular flexibility index (Phi) is 5.50. The predicted octanol–water partition coefficient (Wildman–Crippen LogP) is 6.34. The Morgan fingerprint density at radius 3 is 2.38 bits per heavy atom. The quantitative estimate of drug-likeness (QED) is 0.406. The zero-order valence-electron chi connectivity index (χ0n) is 18.6. The van der Waals surface area contributed by atoms with Crippen molar-refractivity contribution in [3.63, 3.8) is 0 Å². The van der Waals surface area contributed by atoms with E-state index in [0.29, 0.717) is 47.8 Å². The summed E-state index contributed by atoms with van der Waals surface area (Å²) in [5.41, 5.74) is 0.526. The molecule has 1 aliphatic heterocycles. The van der Waals surface area contributed by atoms with Gasteiger partial charge in [0.1, 0.15) is 11.5 Å². The zero-order valence-corrected chi connectivity index (χ0v) is 18.6. The van der Waals surface area contributed by atoms with E-state index in [4.69, 9.17) is 14.2 Å². The summed E-state index contributed by atoms with van der Waals surface area (Å²) >= 11 is 0. The van der Waals surface area contributed by atoms with Crippen molar-refractivity contribution < 1.29 is 32.2 Å². The fourth-order valence-corrected chi connectivity index (χ4v) is 4.49. The smallest absolute Gasteiger partial charge is 0.417 e. The first-order chi connectivity index (χ1) is 16.3. The largest absolute Gasteiger partial charge is 0.494 e. The summed E-state index contributed by atoms with van der Waals surface area (Å²) in [5, 5.41) is 0. The lowest BCUT2D eigenvalue weighted by atomic mass is 9.86. The van der Waals surface area contributed by atoms with Crippen LogP contribution in [0.3, 0.4) is 0 Å². The molecule has 1 aliphatic carbocycles. The lowest BCUT2D eigenvalue weighted by Crippen LogP contribution is -2.22. The average Bonchev–Trinajstić information content (AvgIpc) is 3.50. The SMILES string of the molecule is CCOc1ccc(-c2cc(CC(=O)C3(c4ccc5c(c4)OCO5)CC3)ccc2C(F)(F)F)cc1. The molecular formula is C27H23F3O4. The number of Topliss-reactive ketones (excluding diaryl/α,β-unsaturated/α-hetero) is 1. The molecule has 0 radical (unpaired) electrons. The van der Waals surface area contributed by atoms with Gasteiger partial charge in [-0.05, 0) is 72.4 Å². The first-order valence-electron chi connectivity index (χ1n) is 11.2. The van der Waals surface area contributed by atoms with Gasteiger partial charge in [-0.3, -0.25) is 4.79 Å². The molecule has 176 valence electrons. The number of carbonyl (C=O) groups excluding carboxylic acids is 1. The minimum Gasteiger partial charge on any atom is -0.494 e. The molecule has 0 N–H and O–H groups in total. The summed E-state index contributed by atoms with van der Waals surface area (Å²) < 4.78 is 57.4. The van der Waals surface area contributed by atoms with Crippen LogP contribution in [0.4, 0.5) is 13.2 Å². The molecule has 1 saturated carbocycles. The molecule has 4 nitrogen and oxygen atoms in total. The lowest BCUT2D eigenvalue weighted by molar-refractivity contribution is -0.137. The third-order valence-corrected chi connectivity index (χ3v) is 6.44. The van der Waals surface area contributed by atoms with E-state index in [1.165, 1.54) is 12.1 Å². The van der Waals surface area contributed by atoms with Crippen LogP contribution < -0.4 is 14.2 Å². The maximum Gasteiger partial charge on any atom is 0.417 e. The molecule has 0 aromatic heterocycles. The molecule has 0 spiro atoms. The predicted molar refractivity (Wildman–Crippen MR) is 120 cm³/mol. The van der Waals surface area contributed by atoms with E-state index >= 15 is 0 Å². The summed E-state index contributed by atoms with van der Waals surface area (Å²) in [7, 11) is 0. The topological polar surface area (TPSA) is 44.8 Å². The number of hydrogen-bond donors (Lipinski definition) is 0. The van der Waals surface area contributed by atoms with Crippen molar-refractivity contribution in [1.29, 1.82) is 0 Å². The van der Waals surface area contributed by atoms with E-state index in [0.717, 1.165) is 11.6 Å². The van der Waals surface area contributed by atoms with Gasteiger partial charge in [-0.25, -0.2) is 0 Å². The van der Waals surface area contributed by atoms with Crippen LogP contribution >= 0.6 is 0 Å². The number of rotatable bonds is 7. The second kappa shape index (κ2) is 8.38. The highest BCUT2D eigenvalue weighted by Gasteiger charge is 2.50. The Labute approximate surface area is 195 Å². The summed E-state index contributed by atoms with van der Waals surface area (Å²) in [6.07, 6.45) is -3.05. The fourth-order valence-electron chi connectivity index (χ4n) is 4.49. The number of ether oxygens (including phenoxy) is 3. The molecule has 0 atom stereocenters. The molecule has 2 aliphatic rings. The van der Waals surface area contributed by atoms with Crippen molar-refractivity contribution in [3.05, 3.63) is 77.4 Å². The van der Waals surface area contributed by atoms with Crippen molar-refractivity contribution >= 4 is 5.78 Å². The summed E-state index contributed by atoms with van der Waals surface area (Å²) in [5.74, 6) is 1.84. The van der Waals surface area contributed by atoms with Crippen molar-refractivity contribution in [2.24, 2.45) is 0 Å². The van der Waals surface area contributed by atoms with Crippen LogP contribution in [0.25, 0.3) is 11.1 Å². The third-order valence-electron chi connectivity index (χ3n) is 6.44. The highest BCUT2D eigenvalue weighted by molar-refractivity contribution is 5.95. The third kappa shape index (κ3) is 4.11. The van der Waals surface area contributed by atoms with Crippen molar-refractivity contribution in [1.82, 2.24) is 0 Å². The van der Waals surface area contributed by atoms with E-state index in [1.54, 1.807) is 30.3 Å². The highest BCUT2D eigenvalue weighted by atomic mass is 19.4. The van der Waals surface area contributed by atoms with Crippen LogP contribution in [0.1, 0.15) is 36.5 Å². The minimum atomic E-state index is -4.51. The van der Waals surface area contributed by atoms with Crippen LogP contribution in [0.5, 0.6) is 17.2 Å². The Bertz CT molecular complexity index is 1230. The van der Waals surface area contributed by atoms with E-state index in [9.17, 15) is 18.0 Å². The molecule has 5 rings (SSSR count). The van der Waals surface area contributed by atoms with Crippen molar-refractivity contribution in [2.75, 3.05) is 13.4 Å². The highest BCUT2D eigenvalue weighted by Crippen LogP contribution is 2.51. The van der Waals surface area contributed by atoms with Crippen LogP contribution in [-0.4, -0.2) is 19.2 Å². The maximum absolute atomic E-state index is 13.7. The number of carbonyl (C=O) groups is 1. The number of benzene rings is 3. The summed E-state index contributed by atoms with van der Waals surface area (Å²) in [6, 6.07) is 16.0. The van der Waals surface area contributed by atoms with Crippen molar-refractivity contribution in [3.8, 4) is 28.4 Å². The van der Waals surface area contributed by atoms with Crippen LogP contribution in [0, 0.1) is 0 Å². The second-order valence-corrected chi connectivity index (χ2v) is 8.59. The second-order valence-electron chi connectivity index (χ2n) is 8.59. The van der Waals surface area contributed by atoms with Gasteiger partial charge in [-0.15, -0.1) is 0 Å². The number of ketones is 1. The Hall–Kier alpha value is -3.48. The normalized spacial score (nSPS) is 15.8. The van der Waals surface area contributed by atoms with Gasteiger partial charge in [-0.1, -0.05) is 30.3 Å². The maximum atomic E-state index is 13.7. The molecule has 0 amide bonds. The summed E-state index contributed by atoms with van der Waals surface area (Å²) in [6.45, 7) is 2.46. The van der Waals surface area contributed by atoms with E-state index in [2.05, 4.69) is 0 Å². The standard InChI is InChI=1S/C27H23F3O4/c1-2-32-20-7-4-18(5-8-20)21-13-17(3-9-22(21)27(28,29)30)14-25(31)26(11-12-26)19-6-10-23-24(15-19)34-16-33-23/h3-10,13,15H,2,11-12,14,16H2,1H3. The summed E-state index contributed by atoms with van der Waals surface area (Å²) in [4.78, 5) is 13.3. The van der Waals surface area contributed by atoms with E-state index in [1.807, 2.05) is 19.1 Å². The fraction of sp³-hybridized carbons (Fsp3) is 0.296. The van der Waals surface area contributed by atoms with Gasteiger partial charge in [0.2, 0.25) is 6.79 Å². The van der Waals surface area contributed by atoms with Gasteiger partial charge in [0.25, 0.3) is 0 Å². The Morgan fingerprint density at radius 2 is 1.71 bits per heavy atom. The number of alkyl halides is 3. The molecule has 0 unspecified atom stereocenters. The van der Waals surface area contributed by atoms with Crippen LogP contribution in [0.15, 0.2) is 60.7 Å². The molecule has 3 aromatic carbocycles. The molecule has 1 fully saturated rings. The van der Waals surface area contributed by atoms with Crippen molar-refractivity contribution in [2.45, 2.75) is 37.8 Å². The van der Waals surface area contributed by atoms with Gasteiger partial charge in [0.05, 0.1) is 17.6 Å². The molecule has 3 aromatic rings. The monoisotopic (exact) mass is 468 g/mol. The van der Waals surface area contributed by atoms with Gasteiger partial charge >= 0.3 is 6.18 Å². The zero-order chi connectivity index (χ0) is 23.9. The van der Waals surface area contributed by atoms with Gasteiger partial charge in [-0.2, -0.15) is 13.2 Å².